The highest BCUT2D eigenvalue weighted by atomic mass is 16.5. The summed E-state index contributed by atoms with van der Waals surface area (Å²) < 4.78 is 13.2. The quantitative estimate of drug-likeness (QED) is 0.687. The second-order valence-electron chi connectivity index (χ2n) is 6.58. The molecule has 3 aromatic rings. The number of carbonyl (C=O) groups excluding carboxylic acids is 1. The van der Waals surface area contributed by atoms with Crippen LogP contribution in [0.25, 0.3) is 0 Å². The molecule has 0 spiro atoms. The number of furan rings is 1. The van der Waals surface area contributed by atoms with Crippen molar-refractivity contribution < 1.29 is 13.9 Å². The van der Waals surface area contributed by atoms with Crippen LogP contribution in [0.5, 0.6) is 5.75 Å². The summed E-state index contributed by atoms with van der Waals surface area (Å²) in [4.78, 5) is 12.3. The molecule has 27 heavy (non-hydrogen) atoms. The number of nitrogens with zero attached hydrogens (tertiary/aromatic N) is 2. The molecule has 0 saturated carbocycles. The van der Waals surface area contributed by atoms with E-state index in [-0.39, 0.29) is 18.3 Å². The topological polar surface area (TPSA) is 69.3 Å². The lowest BCUT2D eigenvalue weighted by Gasteiger charge is -2.07. The zero-order chi connectivity index (χ0) is 19.4. The van der Waals surface area contributed by atoms with Gasteiger partial charge in [0.2, 0.25) is 0 Å². The highest BCUT2D eigenvalue weighted by Crippen LogP contribution is 2.18. The van der Waals surface area contributed by atoms with E-state index in [1.165, 1.54) is 11.1 Å². The van der Waals surface area contributed by atoms with E-state index in [9.17, 15) is 4.79 Å². The summed E-state index contributed by atoms with van der Waals surface area (Å²) in [5.74, 6) is 1.41. The van der Waals surface area contributed by atoms with Gasteiger partial charge in [-0.05, 0) is 63.1 Å². The number of hydrogen-bond acceptors (Lipinski definition) is 4. The molecule has 0 atom stereocenters. The molecule has 0 radical (unpaired) electrons. The van der Waals surface area contributed by atoms with Crippen molar-refractivity contribution in [2.75, 3.05) is 0 Å². The van der Waals surface area contributed by atoms with E-state index in [0.717, 1.165) is 23.6 Å². The normalized spacial score (nSPS) is 10.8. The van der Waals surface area contributed by atoms with Crippen LogP contribution in [0.1, 0.15) is 45.6 Å². The van der Waals surface area contributed by atoms with E-state index in [4.69, 9.17) is 9.15 Å². The van der Waals surface area contributed by atoms with Gasteiger partial charge in [-0.3, -0.25) is 9.48 Å². The Bertz CT molecular complexity index is 940. The number of benzene rings is 1. The van der Waals surface area contributed by atoms with E-state index in [1.54, 1.807) is 12.1 Å². The minimum absolute atomic E-state index is 0.254. The molecule has 0 aliphatic rings. The van der Waals surface area contributed by atoms with Crippen molar-refractivity contribution in [2.45, 2.75) is 47.4 Å². The van der Waals surface area contributed by atoms with E-state index in [0.29, 0.717) is 12.3 Å². The zero-order valence-electron chi connectivity index (χ0n) is 16.2. The number of aromatic nitrogens is 2. The summed E-state index contributed by atoms with van der Waals surface area (Å²) in [7, 11) is 0. The van der Waals surface area contributed by atoms with Crippen molar-refractivity contribution in [1.82, 2.24) is 15.1 Å². The Labute approximate surface area is 159 Å². The van der Waals surface area contributed by atoms with Crippen molar-refractivity contribution in [2.24, 2.45) is 0 Å². The second kappa shape index (κ2) is 8.12. The summed E-state index contributed by atoms with van der Waals surface area (Å²) >= 11 is 0. The fraction of sp³-hybridized carbons (Fsp3) is 0.333. The Hall–Kier alpha value is -3.02. The van der Waals surface area contributed by atoms with Crippen LogP contribution in [0.4, 0.5) is 0 Å². The van der Waals surface area contributed by atoms with Crippen molar-refractivity contribution in [1.29, 1.82) is 0 Å². The molecule has 0 aliphatic heterocycles. The van der Waals surface area contributed by atoms with Gasteiger partial charge in [0.05, 0.1) is 5.69 Å². The molecule has 0 saturated heterocycles. The van der Waals surface area contributed by atoms with Crippen LogP contribution >= 0.6 is 0 Å². The third kappa shape index (κ3) is 4.58. The monoisotopic (exact) mass is 367 g/mol. The van der Waals surface area contributed by atoms with Crippen LogP contribution in [-0.4, -0.2) is 15.7 Å². The van der Waals surface area contributed by atoms with Gasteiger partial charge in [0, 0.05) is 24.8 Å². The fourth-order valence-electron chi connectivity index (χ4n) is 2.69. The van der Waals surface area contributed by atoms with E-state index in [2.05, 4.69) is 17.3 Å². The van der Waals surface area contributed by atoms with Gasteiger partial charge in [-0.2, -0.15) is 5.10 Å². The van der Waals surface area contributed by atoms with Crippen molar-refractivity contribution in [3.63, 3.8) is 0 Å². The molecule has 6 heteroatoms. The lowest BCUT2D eigenvalue weighted by molar-refractivity contribution is 0.0919. The molecule has 6 nitrogen and oxygen atoms in total. The van der Waals surface area contributed by atoms with Gasteiger partial charge in [0.25, 0.3) is 5.91 Å². The van der Waals surface area contributed by atoms with Gasteiger partial charge in [0.1, 0.15) is 18.1 Å². The molecular weight excluding hydrogens is 342 g/mol. The molecule has 1 aromatic carbocycles. The molecule has 2 aromatic heterocycles. The minimum atomic E-state index is -0.254. The van der Waals surface area contributed by atoms with Gasteiger partial charge in [-0.25, -0.2) is 0 Å². The van der Waals surface area contributed by atoms with Crippen LogP contribution < -0.4 is 10.1 Å². The fourth-order valence-corrected chi connectivity index (χ4v) is 2.69. The molecular formula is C21H25N3O3. The largest absolute Gasteiger partial charge is 0.486 e. The number of rotatable bonds is 7. The maximum Gasteiger partial charge on any atom is 0.287 e. The predicted molar refractivity (Wildman–Crippen MR) is 103 cm³/mol. The number of amides is 1. The predicted octanol–water partition coefficient (Wildman–Crippen LogP) is 3.93. The average molecular weight is 367 g/mol. The van der Waals surface area contributed by atoms with Crippen LogP contribution in [0.15, 0.2) is 40.9 Å². The van der Waals surface area contributed by atoms with Gasteiger partial charge in [-0.1, -0.05) is 6.07 Å². The highest BCUT2D eigenvalue weighted by molar-refractivity contribution is 5.91. The van der Waals surface area contributed by atoms with Crippen LogP contribution in [0, 0.1) is 20.8 Å². The van der Waals surface area contributed by atoms with E-state index < -0.39 is 0 Å². The van der Waals surface area contributed by atoms with Gasteiger partial charge in [0.15, 0.2) is 5.76 Å². The number of nitrogens with one attached hydrogen (secondary N) is 1. The lowest BCUT2D eigenvalue weighted by Crippen LogP contribution is -2.22. The minimum Gasteiger partial charge on any atom is -0.486 e. The van der Waals surface area contributed by atoms with Gasteiger partial charge >= 0.3 is 0 Å². The lowest BCUT2D eigenvalue weighted by atomic mass is 10.1. The third-order valence-corrected chi connectivity index (χ3v) is 4.56. The summed E-state index contributed by atoms with van der Waals surface area (Å²) in [5, 5.41) is 7.24. The van der Waals surface area contributed by atoms with E-state index >= 15 is 0 Å². The summed E-state index contributed by atoms with van der Waals surface area (Å²) in [5.41, 5.74) is 4.31. The van der Waals surface area contributed by atoms with Crippen molar-refractivity contribution in [3.8, 4) is 5.75 Å². The second-order valence-corrected chi connectivity index (χ2v) is 6.58. The molecule has 0 aliphatic carbocycles. The first-order chi connectivity index (χ1) is 13.0. The summed E-state index contributed by atoms with van der Waals surface area (Å²) in [6.07, 6.45) is 1.95. The van der Waals surface area contributed by atoms with Crippen LogP contribution in [0.2, 0.25) is 0 Å². The Morgan fingerprint density at radius 2 is 2.00 bits per heavy atom. The number of ether oxygens (including phenoxy) is 1. The van der Waals surface area contributed by atoms with Gasteiger partial charge < -0.3 is 14.5 Å². The maximum absolute atomic E-state index is 12.3. The molecule has 1 amide bonds. The molecule has 3 rings (SSSR count). The molecule has 0 fully saturated rings. The SMILES string of the molecule is CCn1cc(CNC(=O)c2ccc(COc3ccc(C)c(C)c3)o2)c(C)n1. The molecule has 1 N–H and O–H groups in total. The number of hydrogen-bond donors (Lipinski definition) is 1. The third-order valence-electron chi connectivity index (χ3n) is 4.56. The smallest absolute Gasteiger partial charge is 0.287 e. The molecule has 142 valence electrons. The Morgan fingerprint density at radius 1 is 1.19 bits per heavy atom. The first-order valence-electron chi connectivity index (χ1n) is 9.06. The summed E-state index contributed by atoms with van der Waals surface area (Å²) in [6.45, 7) is 9.56. The molecule has 0 unspecified atom stereocenters. The Morgan fingerprint density at radius 3 is 2.70 bits per heavy atom. The van der Waals surface area contributed by atoms with Crippen LogP contribution in [-0.2, 0) is 19.7 Å². The van der Waals surface area contributed by atoms with Crippen LogP contribution in [0.3, 0.4) is 0 Å². The van der Waals surface area contributed by atoms with Crippen molar-refractivity contribution >= 4 is 5.91 Å². The Kier molecular flexibility index (Phi) is 5.64. The first-order valence-corrected chi connectivity index (χ1v) is 9.06. The Balaban J connectivity index is 1.55. The van der Waals surface area contributed by atoms with E-state index in [1.807, 2.05) is 49.8 Å². The van der Waals surface area contributed by atoms with Gasteiger partial charge in [-0.15, -0.1) is 0 Å². The average Bonchev–Trinajstić information content (AvgIpc) is 3.27. The van der Waals surface area contributed by atoms with Crippen molar-refractivity contribution in [3.05, 3.63) is 70.4 Å². The maximum atomic E-state index is 12.3. The first kappa shape index (κ1) is 18.8. The molecule has 2 heterocycles. The number of carbonyl (C=O) groups is 1. The zero-order valence-corrected chi connectivity index (χ0v) is 16.2. The molecule has 0 bridgehead atoms. The highest BCUT2D eigenvalue weighted by Gasteiger charge is 2.13. The summed E-state index contributed by atoms with van der Waals surface area (Å²) in [6, 6.07) is 9.36. The standard InChI is InChI=1S/C21H25N3O3/c1-5-24-12-17(16(4)23-24)11-22-21(25)20-9-8-19(27-20)13-26-18-7-6-14(2)15(3)10-18/h6-10,12H,5,11,13H2,1-4H3,(H,22,25). The number of aryl methyl sites for hydroxylation is 4.